The van der Waals surface area contributed by atoms with Crippen LogP contribution < -0.4 is 9.47 Å². The normalized spacial score (nSPS) is 19.0. The van der Waals surface area contributed by atoms with E-state index in [4.69, 9.17) is 9.47 Å². The lowest BCUT2D eigenvalue weighted by Gasteiger charge is -2.30. The Morgan fingerprint density at radius 1 is 1.44 bits per heavy atom. The molecule has 0 saturated heterocycles. The first-order valence-corrected chi connectivity index (χ1v) is 8.72. The molecule has 0 spiro atoms. The van der Waals surface area contributed by atoms with Gasteiger partial charge in [0.1, 0.15) is 23.9 Å². The topological polar surface area (TPSA) is 56.6 Å². The fourth-order valence-corrected chi connectivity index (χ4v) is 3.35. The van der Waals surface area contributed by atoms with Crippen molar-refractivity contribution in [3.63, 3.8) is 0 Å². The van der Waals surface area contributed by atoms with Crippen LogP contribution in [0.2, 0.25) is 0 Å². The van der Waals surface area contributed by atoms with Gasteiger partial charge in [0.25, 0.3) is 0 Å². The van der Waals surface area contributed by atoms with Crippen molar-refractivity contribution in [3.05, 3.63) is 42.0 Å². The van der Waals surface area contributed by atoms with Crippen LogP contribution in [0.1, 0.15) is 24.2 Å². The lowest BCUT2D eigenvalue weighted by Crippen LogP contribution is -2.42. The number of carbonyl (C=O) groups excluding carboxylic acids is 1. The zero-order chi connectivity index (χ0) is 17.4. The zero-order valence-electron chi connectivity index (χ0n) is 14.6. The molecule has 1 aliphatic heterocycles. The van der Waals surface area contributed by atoms with E-state index in [1.807, 2.05) is 40.9 Å². The minimum absolute atomic E-state index is 0.137. The van der Waals surface area contributed by atoms with Crippen LogP contribution in [0.15, 0.2) is 30.6 Å². The van der Waals surface area contributed by atoms with E-state index in [2.05, 4.69) is 4.98 Å². The van der Waals surface area contributed by atoms with Crippen LogP contribution in [0, 0.1) is 5.92 Å². The molecule has 1 aromatic heterocycles. The molecule has 1 fully saturated rings. The van der Waals surface area contributed by atoms with Crippen molar-refractivity contribution in [2.24, 2.45) is 13.0 Å². The summed E-state index contributed by atoms with van der Waals surface area (Å²) in [5.41, 5.74) is 1.07. The van der Waals surface area contributed by atoms with Gasteiger partial charge in [0.15, 0.2) is 0 Å². The zero-order valence-corrected chi connectivity index (χ0v) is 14.6. The average molecular weight is 341 g/mol. The maximum atomic E-state index is 13.1. The number of imidazole rings is 1. The molecule has 6 nitrogen and oxygen atoms in total. The molecule has 2 aromatic rings. The van der Waals surface area contributed by atoms with Crippen molar-refractivity contribution in [1.29, 1.82) is 0 Å². The number of rotatable bonds is 5. The van der Waals surface area contributed by atoms with Gasteiger partial charge >= 0.3 is 0 Å². The Bertz CT molecular complexity index is 782. The summed E-state index contributed by atoms with van der Waals surface area (Å²) in [5, 5.41) is 0. The lowest BCUT2D eigenvalue weighted by molar-refractivity contribution is -0.138. The molecule has 1 aromatic carbocycles. The van der Waals surface area contributed by atoms with Gasteiger partial charge in [0.05, 0.1) is 19.6 Å². The highest BCUT2D eigenvalue weighted by Crippen LogP contribution is 2.34. The van der Waals surface area contributed by atoms with E-state index in [1.54, 1.807) is 13.3 Å². The predicted octanol–water partition coefficient (Wildman–Crippen LogP) is 2.17. The summed E-state index contributed by atoms with van der Waals surface area (Å²) in [6, 6.07) is 6.15. The molecule has 1 atom stereocenters. The molecule has 4 rings (SSSR count). The van der Waals surface area contributed by atoms with E-state index in [0.29, 0.717) is 25.6 Å². The highest BCUT2D eigenvalue weighted by Gasteiger charge is 2.38. The molecule has 6 heteroatoms. The molecule has 1 unspecified atom stereocenters. The van der Waals surface area contributed by atoms with Crippen molar-refractivity contribution in [1.82, 2.24) is 14.5 Å². The number of amides is 1. The Balaban J connectivity index is 1.50. The number of ether oxygens (including phenoxy) is 2. The van der Waals surface area contributed by atoms with E-state index < -0.39 is 0 Å². The van der Waals surface area contributed by atoms with E-state index in [-0.39, 0.29) is 11.8 Å². The quantitative estimate of drug-likeness (QED) is 0.836. The molecule has 0 N–H and O–H groups in total. The first-order valence-electron chi connectivity index (χ1n) is 8.72. The second-order valence-electron chi connectivity index (χ2n) is 6.84. The van der Waals surface area contributed by atoms with Crippen LogP contribution in [-0.2, 0) is 24.8 Å². The first-order chi connectivity index (χ1) is 12.2. The number of aromatic nitrogens is 2. The Labute approximate surface area is 147 Å². The molecular weight excluding hydrogens is 318 g/mol. The average Bonchev–Trinajstić information content (AvgIpc) is 3.40. The Kier molecular flexibility index (Phi) is 4.11. The van der Waals surface area contributed by atoms with Gasteiger partial charge in [-0.05, 0) is 30.9 Å². The Morgan fingerprint density at radius 3 is 2.96 bits per heavy atom. The van der Waals surface area contributed by atoms with E-state index in [1.165, 1.54) is 0 Å². The monoisotopic (exact) mass is 341 g/mol. The van der Waals surface area contributed by atoms with Crippen molar-refractivity contribution >= 4 is 5.91 Å². The van der Waals surface area contributed by atoms with Gasteiger partial charge in [-0.15, -0.1) is 0 Å². The van der Waals surface area contributed by atoms with Crippen molar-refractivity contribution in [2.45, 2.75) is 31.8 Å². The van der Waals surface area contributed by atoms with Crippen molar-refractivity contribution in [2.75, 3.05) is 13.7 Å². The molecule has 1 saturated carbocycles. The highest BCUT2D eigenvalue weighted by atomic mass is 16.5. The number of hydrogen-bond acceptors (Lipinski definition) is 4. The second kappa shape index (κ2) is 6.43. The maximum Gasteiger partial charge on any atom is 0.230 e. The van der Waals surface area contributed by atoms with Gasteiger partial charge in [-0.3, -0.25) is 4.79 Å². The number of methoxy groups -OCH3 is 1. The summed E-state index contributed by atoms with van der Waals surface area (Å²) >= 11 is 0. The summed E-state index contributed by atoms with van der Waals surface area (Å²) in [6.07, 6.45) is 6.56. The summed E-state index contributed by atoms with van der Waals surface area (Å²) in [6.45, 7) is 0.988. The van der Waals surface area contributed by atoms with Gasteiger partial charge in [-0.1, -0.05) is 6.07 Å². The largest absolute Gasteiger partial charge is 0.497 e. The van der Waals surface area contributed by atoms with Gasteiger partial charge in [-0.2, -0.15) is 0 Å². The summed E-state index contributed by atoms with van der Waals surface area (Å²) in [7, 11) is 3.60. The minimum Gasteiger partial charge on any atom is -0.497 e. The first kappa shape index (κ1) is 16.0. The molecule has 1 aliphatic carbocycles. The molecule has 0 radical (unpaired) electrons. The van der Waals surface area contributed by atoms with Crippen LogP contribution >= 0.6 is 0 Å². The standard InChI is InChI=1S/C19H23N3O3/c1-21-8-7-20-18(21)11-22(15-4-5-15)19(23)14-9-13-3-6-16(24-2)10-17(13)25-12-14/h3,6-8,10,14-15H,4-5,9,11-12H2,1-2H3. The van der Waals surface area contributed by atoms with Crippen LogP contribution in [0.4, 0.5) is 0 Å². The fraction of sp³-hybridized carbons (Fsp3) is 0.474. The molecule has 2 aliphatic rings. The number of fused-ring (bicyclic) bond motifs is 1. The third kappa shape index (κ3) is 3.21. The van der Waals surface area contributed by atoms with E-state index in [9.17, 15) is 4.79 Å². The fourth-order valence-electron chi connectivity index (χ4n) is 3.35. The molecule has 2 heterocycles. The number of nitrogens with zero attached hydrogens (tertiary/aromatic N) is 3. The second-order valence-corrected chi connectivity index (χ2v) is 6.84. The number of aryl methyl sites for hydroxylation is 1. The molecule has 132 valence electrons. The summed E-state index contributed by atoms with van der Waals surface area (Å²) in [4.78, 5) is 19.5. The van der Waals surface area contributed by atoms with Crippen LogP contribution in [0.3, 0.4) is 0 Å². The summed E-state index contributed by atoms with van der Waals surface area (Å²) in [5.74, 6) is 2.55. The molecular formula is C19H23N3O3. The Morgan fingerprint density at radius 2 is 2.28 bits per heavy atom. The highest BCUT2D eigenvalue weighted by molar-refractivity contribution is 5.80. The number of carbonyl (C=O) groups is 1. The Hall–Kier alpha value is -2.50. The third-order valence-corrected chi connectivity index (χ3v) is 5.03. The lowest BCUT2D eigenvalue weighted by atomic mass is 9.95. The van der Waals surface area contributed by atoms with E-state index in [0.717, 1.165) is 35.7 Å². The number of benzene rings is 1. The van der Waals surface area contributed by atoms with Crippen LogP contribution in [0.5, 0.6) is 11.5 Å². The number of hydrogen-bond donors (Lipinski definition) is 0. The van der Waals surface area contributed by atoms with Gasteiger partial charge in [0, 0.05) is 31.5 Å². The van der Waals surface area contributed by atoms with Gasteiger partial charge in [-0.25, -0.2) is 4.98 Å². The van der Waals surface area contributed by atoms with Gasteiger partial charge < -0.3 is 18.9 Å². The summed E-state index contributed by atoms with van der Waals surface area (Å²) < 4.78 is 13.1. The van der Waals surface area contributed by atoms with Gasteiger partial charge in [0.2, 0.25) is 5.91 Å². The van der Waals surface area contributed by atoms with Crippen LogP contribution in [-0.4, -0.2) is 40.1 Å². The van der Waals surface area contributed by atoms with Crippen molar-refractivity contribution < 1.29 is 14.3 Å². The van der Waals surface area contributed by atoms with Crippen molar-refractivity contribution in [3.8, 4) is 11.5 Å². The molecule has 25 heavy (non-hydrogen) atoms. The molecule has 1 amide bonds. The SMILES string of the molecule is COc1ccc2c(c1)OCC(C(=O)N(Cc1nccn1C)C1CC1)C2. The molecule has 0 bridgehead atoms. The third-order valence-electron chi connectivity index (χ3n) is 5.03. The van der Waals surface area contributed by atoms with Crippen LogP contribution in [0.25, 0.3) is 0 Å². The minimum atomic E-state index is -0.137. The maximum absolute atomic E-state index is 13.1. The smallest absolute Gasteiger partial charge is 0.230 e. The van der Waals surface area contributed by atoms with E-state index >= 15 is 0 Å². The predicted molar refractivity (Wildman–Crippen MR) is 92.5 cm³/mol.